The Morgan fingerprint density at radius 1 is 1.20 bits per heavy atom. The number of ketones is 1. The second-order valence-electron chi connectivity index (χ2n) is 12.2. The molecule has 0 radical (unpaired) electrons. The SMILES string of the molecule is CC1=C2C(O)C(=O)[C@]3(C)C(O)CC4OC[C@@]4(O)C3C(C)C(O)(CC1[C@@H](OO)C(O)C(C)N)C2(C)C. The van der Waals surface area contributed by atoms with Crippen LogP contribution in [0.4, 0.5) is 0 Å². The van der Waals surface area contributed by atoms with E-state index in [0.29, 0.717) is 5.57 Å². The summed E-state index contributed by atoms with van der Waals surface area (Å²) in [5, 5.41) is 67.4. The number of carbonyl (C=O) groups excluding carboxylic acids is 1. The van der Waals surface area contributed by atoms with Crippen molar-refractivity contribution in [1.29, 1.82) is 0 Å². The summed E-state index contributed by atoms with van der Waals surface area (Å²) in [6.45, 7) is 9.98. The highest BCUT2D eigenvalue weighted by atomic mass is 17.1. The summed E-state index contributed by atoms with van der Waals surface area (Å²) in [6, 6.07) is -0.770. The molecule has 10 nitrogen and oxygen atoms in total. The van der Waals surface area contributed by atoms with Crippen molar-refractivity contribution in [1.82, 2.24) is 0 Å². The molecule has 4 rings (SSSR count). The van der Waals surface area contributed by atoms with Crippen LogP contribution in [0.2, 0.25) is 0 Å². The van der Waals surface area contributed by atoms with E-state index in [0.717, 1.165) is 0 Å². The number of fused-ring (bicyclic) bond motifs is 5. The Morgan fingerprint density at radius 2 is 1.80 bits per heavy atom. The number of hydrogen-bond acceptors (Lipinski definition) is 10. The van der Waals surface area contributed by atoms with Crippen molar-refractivity contribution >= 4 is 5.78 Å². The Morgan fingerprint density at radius 3 is 2.29 bits per heavy atom. The first-order valence-electron chi connectivity index (χ1n) is 12.4. The molecule has 9 unspecified atom stereocenters. The molecule has 3 aliphatic carbocycles. The van der Waals surface area contributed by atoms with Gasteiger partial charge in [0.05, 0.1) is 35.9 Å². The molecule has 3 fully saturated rings. The normalized spacial score (nSPS) is 49.7. The highest BCUT2D eigenvalue weighted by molar-refractivity contribution is 5.93. The largest absolute Gasteiger partial charge is 0.392 e. The van der Waals surface area contributed by atoms with Crippen molar-refractivity contribution in [2.24, 2.45) is 34.3 Å². The molecule has 10 heteroatoms. The second kappa shape index (κ2) is 8.28. The number of hydrogen-bond donors (Lipinski definition) is 7. The molecule has 0 aromatic heterocycles. The van der Waals surface area contributed by atoms with Crippen LogP contribution < -0.4 is 5.73 Å². The number of carbonyl (C=O) groups is 1. The Balaban J connectivity index is 1.97. The van der Waals surface area contributed by atoms with E-state index < -0.39 is 82.1 Å². The zero-order valence-electron chi connectivity index (χ0n) is 21.3. The van der Waals surface area contributed by atoms with Crippen LogP contribution in [0.3, 0.4) is 0 Å². The lowest BCUT2D eigenvalue weighted by Crippen LogP contribution is -2.78. The maximum Gasteiger partial charge on any atom is 0.174 e. The predicted molar refractivity (Wildman–Crippen MR) is 124 cm³/mol. The third-order valence-electron chi connectivity index (χ3n) is 10.4. The molecule has 2 bridgehead atoms. The monoisotopic (exact) mass is 499 g/mol. The third kappa shape index (κ3) is 3.25. The maximum atomic E-state index is 14.0. The van der Waals surface area contributed by atoms with Gasteiger partial charge >= 0.3 is 0 Å². The highest BCUT2D eigenvalue weighted by Gasteiger charge is 2.74. The molecule has 35 heavy (non-hydrogen) atoms. The smallest absolute Gasteiger partial charge is 0.174 e. The summed E-state index contributed by atoms with van der Waals surface area (Å²) in [6.07, 6.45) is -6.07. The molecule has 200 valence electrons. The van der Waals surface area contributed by atoms with Gasteiger partial charge in [0.25, 0.3) is 0 Å². The van der Waals surface area contributed by atoms with E-state index >= 15 is 0 Å². The lowest BCUT2D eigenvalue weighted by atomic mass is 9.42. The fourth-order valence-electron chi connectivity index (χ4n) is 8.10. The van der Waals surface area contributed by atoms with Crippen LogP contribution in [-0.4, -0.2) is 90.9 Å². The Bertz CT molecular complexity index is 921. The fourth-order valence-corrected chi connectivity index (χ4v) is 8.10. The molecule has 4 aliphatic rings. The maximum absolute atomic E-state index is 14.0. The first-order chi connectivity index (χ1) is 16.0. The summed E-state index contributed by atoms with van der Waals surface area (Å²) in [4.78, 5) is 18.7. The van der Waals surface area contributed by atoms with Gasteiger partial charge in [0.2, 0.25) is 0 Å². The van der Waals surface area contributed by atoms with Gasteiger partial charge in [-0.25, -0.2) is 4.89 Å². The minimum Gasteiger partial charge on any atom is -0.392 e. The first kappa shape index (κ1) is 27.1. The van der Waals surface area contributed by atoms with Gasteiger partial charge in [-0.05, 0) is 38.7 Å². The molecule has 1 aliphatic heterocycles. The van der Waals surface area contributed by atoms with Crippen LogP contribution in [0, 0.1) is 28.6 Å². The predicted octanol–water partition coefficient (Wildman–Crippen LogP) is -0.257. The van der Waals surface area contributed by atoms with Crippen LogP contribution in [0.5, 0.6) is 0 Å². The van der Waals surface area contributed by atoms with Crippen molar-refractivity contribution in [3.05, 3.63) is 11.1 Å². The Labute approximate surface area is 205 Å². The minimum atomic E-state index is -1.69. The van der Waals surface area contributed by atoms with Gasteiger partial charge in [0.15, 0.2) is 5.78 Å². The number of ether oxygens (including phenoxy) is 1. The van der Waals surface area contributed by atoms with E-state index in [2.05, 4.69) is 0 Å². The van der Waals surface area contributed by atoms with Gasteiger partial charge in [-0.3, -0.25) is 10.1 Å². The summed E-state index contributed by atoms with van der Waals surface area (Å²) in [7, 11) is 0. The van der Waals surface area contributed by atoms with Gasteiger partial charge in [-0.1, -0.05) is 26.3 Å². The van der Waals surface area contributed by atoms with Crippen LogP contribution in [-0.2, 0) is 14.4 Å². The quantitative estimate of drug-likeness (QED) is 0.155. The molecule has 0 amide bonds. The lowest BCUT2D eigenvalue weighted by molar-refractivity contribution is -0.339. The summed E-state index contributed by atoms with van der Waals surface area (Å²) < 4.78 is 5.55. The van der Waals surface area contributed by atoms with E-state index in [1.54, 1.807) is 41.5 Å². The molecular formula is C25H41NO9. The number of aliphatic hydroxyl groups is 5. The van der Waals surface area contributed by atoms with Gasteiger partial charge in [0.1, 0.15) is 17.8 Å². The minimum absolute atomic E-state index is 0.00328. The third-order valence-corrected chi connectivity index (χ3v) is 10.4. The molecule has 1 heterocycles. The molecule has 2 saturated carbocycles. The number of Topliss-reactive ketones (excluding diaryl/α,β-unsaturated/α-hetero) is 1. The standard InChI is InChI=1S/C25H41NO9/c1-10-13(19(35-33)17(28)12(3)26)8-25(32)11(2)20-23(6,14(27)7-15-24(20,31)9-34-15)21(30)18(29)16(10)22(25,4)5/h11-15,17-20,27-29,31-33H,7-9,26H2,1-6H3/t11?,12?,13?,14?,15?,17?,18?,19-,20?,23-,24+,25?/m1/s1. The number of nitrogens with two attached hydrogens (primary N) is 1. The van der Waals surface area contributed by atoms with Crippen LogP contribution >= 0.6 is 0 Å². The molecule has 8 N–H and O–H groups in total. The van der Waals surface area contributed by atoms with Crippen molar-refractivity contribution in [3.8, 4) is 0 Å². The van der Waals surface area contributed by atoms with Gasteiger partial charge in [-0.15, -0.1) is 0 Å². The van der Waals surface area contributed by atoms with E-state index in [1.807, 2.05) is 0 Å². The number of aliphatic hydroxyl groups excluding tert-OH is 3. The molecule has 1 saturated heterocycles. The Hall–Kier alpha value is -0.950. The van der Waals surface area contributed by atoms with Crippen LogP contribution in [0.1, 0.15) is 54.4 Å². The highest BCUT2D eigenvalue weighted by Crippen LogP contribution is 2.65. The fraction of sp³-hybridized carbons (Fsp3) is 0.880. The van der Waals surface area contributed by atoms with E-state index in [-0.39, 0.29) is 25.0 Å². The van der Waals surface area contributed by atoms with Crippen molar-refractivity contribution < 1.29 is 45.2 Å². The van der Waals surface area contributed by atoms with E-state index in [1.165, 1.54) is 0 Å². The van der Waals surface area contributed by atoms with E-state index in [9.17, 15) is 35.6 Å². The lowest BCUT2D eigenvalue weighted by Gasteiger charge is -2.67. The summed E-state index contributed by atoms with van der Waals surface area (Å²) >= 11 is 0. The zero-order chi connectivity index (χ0) is 26.5. The van der Waals surface area contributed by atoms with Crippen molar-refractivity contribution in [2.75, 3.05) is 6.61 Å². The van der Waals surface area contributed by atoms with Crippen molar-refractivity contribution in [2.45, 2.75) is 102 Å². The Kier molecular flexibility index (Phi) is 6.41. The van der Waals surface area contributed by atoms with E-state index in [4.69, 9.17) is 15.4 Å². The molecule has 0 spiro atoms. The number of rotatable bonds is 4. The van der Waals surface area contributed by atoms with Crippen molar-refractivity contribution in [3.63, 3.8) is 0 Å². The second-order valence-corrected chi connectivity index (χ2v) is 12.2. The molecule has 0 aromatic carbocycles. The first-order valence-corrected chi connectivity index (χ1v) is 12.4. The summed E-state index contributed by atoms with van der Waals surface area (Å²) in [5.74, 6) is -3.13. The molecule has 12 atom stereocenters. The van der Waals surface area contributed by atoms with Gasteiger partial charge in [0, 0.05) is 29.7 Å². The topological polar surface area (TPSA) is 183 Å². The summed E-state index contributed by atoms with van der Waals surface area (Å²) in [5.41, 5.74) is 0.846. The average Bonchev–Trinajstić information content (AvgIpc) is 2.77. The molecular weight excluding hydrogens is 458 g/mol. The average molecular weight is 500 g/mol. The zero-order valence-corrected chi connectivity index (χ0v) is 21.3. The van der Waals surface area contributed by atoms with Crippen LogP contribution in [0.25, 0.3) is 0 Å². The van der Waals surface area contributed by atoms with Gasteiger partial charge < -0.3 is 36.0 Å². The van der Waals surface area contributed by atoms with Crippen LogP contribution in [0.15, 0.2) is 11.1 Å². The van der Waals surface area contributed by atoms with Gasteiger partial charge in [-0.2, -0.15) is 0 Å². The molecule has 0 aromatic rings.